The molecule has 0 atom stereocenters. The highest BCUT2D eigenvalue weighted by Gasteiger charge is 2.34. The molecule has 1 aromatic heterocycles. The molecule has 0 aliphatic carbocycles. The number of carbonyl (C=O) groups is 1. The maximum atomic E-state index is 12.5. The number of ether oxygens (including phenoxy) is 1. The topological polar surface area (TPSA) is 42.4 Å². The highest BCUT2D eigenvalue weighted by molar-refractivity contribution is 5.94. The van der Waals surface area contributed by atoms with Crippen LogP contribution < -0.4 is 0 Å². The Morgan fingerprint density at radius 1 is 1.36 bits per heavy atom. The van der Waals surface area contributed by atoms with Gasteiger partial charge in [-0.2, -0.15) is 13.2 Å². The Morgan fingerprint density at radius 3 is 2.45 bits per heavy atom. The molecule has 1 saturated heterocycles. The van der Waals surface area contributed by atoms with E-state index in [1.54, 1.807) is 12.0 Å². The molecule has 0 saturated carbocycles. The van der Waals surface area contributed by atoms with Crippen molar-refractivity contribution in [1.29, 1.82) is 0 Å². The van der Waals surface area contributed by atoms with Crippen molar-refractivity contribution in [3.8, 4) is 0 Å². The third kappa shape index (κ3) is 3.76. The molecule has 22 heavy (non-hydrogen) atoms. The monoisotopic (exact) mass is 316 g/mol. The van der Waals surface area contributed by atoms with Crippen LogP contribution in [-0.2, 0) is 10.9 Å². The fourth-order valence-electron chi connectivity index (χ4n) is 2.61. The molecular formula is C15H19F3N2O2. The van der Waals surface area contributed by atoms with Gasteiger partial charge >= 0.3 is 6.18 Å². The van der Waals surface area contributed by atoms with Crippen molar-refractivity contribution in [3.05, 3.63) is 29.6 Å². The van der Waals surface area contributed by atoms with Gasteiger partial charge in [0.25, 0.3) is 5.91 Å². The van der Waals surface area contributed by atoms with E-state index < -0.39 is 11.9 Å². The molecule has 0 bridgehead atoms. The Morgan fingerprint density at radius 2 is 2.00 bits per heavy atom. The van der Waals surface area contributed by atoms with Crippen LogP contribution in [0.1, 0.15) is 35.8 Å². The largest absolute Gasteiger partial charge is 0.433 e. The summed E-state index contributed by atoms with van der Waals surface area (Å²) in [5.74, 6) is -0.277. The lowest BCUT2D eigenvalue weighted by Gasteiger charge is -2.38. The summed E-state index contributed by atoms with van der Waals surface area (Å²) >= 11 is 0. The van der Waals surface area contributed by atoms with Crippen LogP contribution in [0.25, 0.3) is 0 Å². The van der Waals surface area contributed by atoms with Gasteiger partial charge in [0, 0.05) is 26.4 Å². The van der Waals surface area contributed by atoms with Crippen LogP contribution in [0.3, 0.4) is 0 Å². The Labute approximate surface area is 127 Å². The minimum absolute atomic E-state index is 0.0456. The maximum absolute atomic E-state index is 12.5. The van der Waals surface area contributed by atoms with E-state index in [2.05, 4.69) is 11.9 Å². The van der Waals surface area contributed by atoms with Crippen molar-refractivity contribution in [1.82, 2.24) is 9.88 Å². The number of aromatic nitrogens is 1. The lowest BCUT2D eigenvalue weighted by molar-refractivity contribution is -0.141. The van der Waals surface area contributed by atoms with Gasteiger partial charge in [0.15, 0.2) is 0 Å². The standard InChI is InChI=1S/C15H19F3N2O2/c1-14(10-22-2)5-7-20(8-6-14)13(21)11-3-4-12(19-9-11)15(16,17)18/h3-4,9H,5-8,10H2,1-2H3. The van der Waals surface area contributed by atoms with Crippen molar-refractivity contribution in [2.45, 2.75) is 25.9 Å². The molecule has 0 radical (unpaired) electrons. The number of amides is 1. The fourth-order valence-corrected chi connectivity index (χ4v) is 2.61. The number of hydrogen-bond acceptors (Lipinski definition) is 3. The number of methoxy groups -OCH3 is 1. The molecule has 2 rings (SSSR count). The molecule has 0 spiro atoms. The van der Waals surface area contributed by atoms with Gasteiger partial charge < -0.3 is 9.64 Å². The predicted molar refractivity (Wildman–Crippen MR) is 74.4 cm³/mol. The zero-order valence-corrected chi connectivity index (χ0v) is 12.6. The zero-order chi connectivity index (χ0) is 16.4. The Hall–Kier alpha value is -1.63. The van der Waals surface area contributed by atoms with Crippen molar-refractivity contribution in [2.24, 2.45) is 5.41 Å². The second-order valence-electron chi connectivity index (χ2n) is 5.97. The Kier molecular flexibility index (Phi) is 4.75. The number of likely N-dealkylation sites (tertiary alicyclic amines) is 1. The van der Waals surface area contributed by atoms with Crippen LogP contribution in [0.15, 0.2) is 18.3 Å². The van der Waals surface area contributed by atoms with Crippen molar-refractivity contribution >= 4 is 5.91 Å². The fraction of sp³-hybridized carbons (Fsp3) is 0.600. The first kappa shape index (κ1) is 16.7. The first-order valence-electron chi connectivity index (χ1n) is 7.07. The van der Waals surface area contributed by atoms with E-state index in [9.17, 15) is 18.0 Å². The minimum atomic E-state index is -4.49. The lowest BCUT2D eigenvalue weighted by atomic mass is 9.81. The molecule has 7 heteroatoms. The average Bonchev–Trinajstić information content (AvgIpc) is 2.47. The van der Waals surface area contributed by atoms with Gasteiger partial charge in [-0.25, -0.2) is 0 Å². The normalized spacial score (nSPS) is 18.3. The quantitative estimate of drug-likeness (QED) is 0.861. The third-order valence-electron chi connectivity index (χ3n) is 4.05. The first-order chi connectivity index (χ1) is 10.2. The number of carbonyl (C=O) groups excluding carboxylic acids is 1. The number of hydrogen-bond donors (Lipinski definition) is 0. The van der Waals surface area contributed by atoms with E-state index in [-0.39, 0.29) is 16.9 Å². The molecule has 4 nitrogen and oxygen atoms in total. The molecule has 1 aliphatic heterocycles. The number of nitrogens with zero attached hydrogens (tertiary/aromatic N) is 2. The van der Waals surface area contributed by atoms with Gasteiger partial charge in [-0.3, -0.25) is 9.78 Å². The van der Waals surface area contributed by atoms with Gasteiger partial charge in [-0.05, 0) is 30.4 Å². The molecule has 0 unspecified atom stereocenters. The number of rotatable bonds is 3. The smallest absolute Gasteiger partial charge is 0.384 e. The summed E-state index contributed by atoms with van der Waals surface area (Å²) in [4.78, 5) is 17.3. The second-order valence-corrected chi connectivity index (χ2v) is 5.97. The van der Waals surface area contributed by atoms with Gasteiger partial charge in [0.1, 0.15) is 5.69 Å². The molecule has 122 valence electrons. The minimum Gasteiger partial charge on any atom is -0.384 e. The molecule has 1 aliphatic rings. The Balaban J connectivity index is 2.01. The van der Waals surface area contributed by atoms with Crippen molar-refractivity contribution in [3.63, 3.8) is 0 Å². The van der Waals surface area contributed by atoms with E-state index in [0.717, 1.165) is 25.1 Å². The number of halogens is 3. The van der Waals surface area contributed by atoms with Crippen molar-refractivity contribution < 1.29 is 22.7 Å². The summed E-state index contributed by atoms with van der Waals surface area (Å²) in [5.41, 5.74) is -0.761. The lowest BCUT2D eigenvalue weighted by Crippen LogP contribution is -2.43. The van der Waals surface area contributed by atoms with E-state index in [4.69, 9.17) is 4.74 Å². The molecule has 0 N–H and O–H groups in total. The summed E-state index contributed by atoms with van der Waals surface area (Å²) in [7, 11) is 1.65. The van der Waals surface area contributed by atoms with Gasteiger partial charge in [0.2, 0.25) is 0 Å². The van der Waals surface area contributed by atoms with E-state index in [0.29, 0.717) is 19.7 Å². The van der Waals surface area contributed by atoms with Crippen LogP contribution in [0.2, 0.25) is 0 Å². The summed E-state index contributed by atoms with van der Waals surface area (Å²) in [5, 5.41) is 0. The van der Waals surface area contributed by atoms with Gasteiger partial charge in [0.05, 0.1) is 12.2 Å². The summed E-state index contributed by atoms with van der Waals surface area (Å²) in [6, 6.07) is 2.02. The summed E-state index contributed by atoms with van der Waals surface area (Å²) in [6.45, 7) is 3.88. The molecule has 1 amide bonds. The van der Waals surface area contributed by atoms with E-state index in [1.165, 1.54) is 6.07 Å². The van der Waals surface area contributed by atoms with Crippen molar-refractivity contribution in [2.75, 3.05) is 26.8 Å². The van der Waals surface area contributed by atoms with Crippen LogP contribution in [-0.4, -0.2) is 42.6 Å². The molecule has 1 fully saturated rings. The number of alkyl halides is 3. The predicted octanol–water partition coefficient (Wildman–Crippen LogP) is 2.99. The molecule has 0 aromatic carbocycles. The van der Waals surface area contributed by atoms with E-state index in [1.807, 2.05) is 0 Å². The number of piperidine rings is 1. The highest BCUT2D eigenvalue weighted by atomic mass is 19.4. The van der Waals surface area contributed by atoms with Crippen LogP contribution >= 0.6 is 0 Å². The first-order valence-corrected chi connectivity index (χ1v) is 7.07. The van der Waals surface area contributed by atoms with Crippen LogP contribution in [0.4, 0.5) is 13.2 Å². The number of pyridine rings is 1. The SMILES string of the molecule is COCC1(C)CCN(C(=O)c2ccc(C(F)(F)F)nc2)CC1. The summed E-state index contributed by atoms with van der Waals surface area (Å²) < 4.78 is 42.6. The van der Waals surface area contributed by atoms with Gasteiger partial charge in [-0.15, -0.1) is 0 Å². The van der Waals surface area contributed by atoms with Gasteiger partial charge in [-0.1, -0.05) is 6.92 Å². The van der Waals surface area contributed by atoms with E-state index >= 15 is 0 Å². The average molecular weight is 316 g/mol. The molecular weight excluding hydrogens is 297 g/mol. The zero-order valence-electron chi connectivity index (χ0n) is 12.6. The third-order valence-corrected chi connectivity index (χ3v) is 4.05. The highest BCUT2D eigenvalue weighted by Crippen LogP contribution is 2.32. The Bertz CT molecular complexity index is 521. The maximum Gasteiger partial charge on any atom is 0.433 e. The molecule has 1 aromatic rings. The second kappa shape index (κ2) is 6.24. The summed E-state index contributed by atoms with van der Waals surface area (Å²) in [6.07, 6.45) is -1.88. The molecule has 2 heterocycles. The van der Waals surface area contributed by atoms with Crippen LogP contribution in [0.5, 0.6) is 0 Å². The van der Waals surface area contributed by atoms with Crippen LogP contribution in [0, 0.1) is 5.41 Å².